The first-order chi connectivity index (χ1) is 15.8. The molecule has 11 heteroatoms. The topological polar surface area (TPSA) is 175 Å². The van der Waals surface area contributed by atoms with Gasteiger partial charge in [-0.15, -0.1) is 0 Å². The molecule has 1 fully saturated rings. The van der Waals surface area contributed by atoms with E-state index in [-0.39, 0.29) is 17.9 Å². The van der Waals surface area contributed by atoms with Gasteiger partial charge < -0.3 is 49.6 Å². The van der Waals surface area contributed by atoms with Crippen LogP contribution in [0.4, 0.5) is 0 Å². The van der Waals surface area contributed by atoms with Gasteiger partial charge in [0.05, 0.1) is 30.5 Å². The SMILES string of the molecule is O=C(OCC1=C[C@H](O)[C@H]2C=CO[C@H](O[C@@H]3O[C@H](CO)[C@@H](O)[C@H](O)[C@H]3O)[C@@H]12)c1ccc(O)cc1. The molecule has 11 nitrogen and oxygen atoms in total. The van der Waals surface area contributed by atoms with E-state index >= 15 is 0 Å². The van der Waals surface area contributed by atoms with Crippen LogP contribution in [-0.4, -0.2) is 92.9 Å². The highest BCUT2D eigenvalue weighted by molar-refractivity contribution is 5.89. The standard InChI is InChI=1S/C22H26O11/c23-8-15-17(26)18(27)19(28)22(32-15)33-21-16-11(7-14(25)13(16)5-6-30-21)9-31-20(29)10-1-3-12(24)4-2-10/h1-7,13-19,21-28H,8-9H2/t13-,14+,15-,16+,17-,18+,19-,21-,22+/m1/s1. The molecular formula is C22H26O11. The summed E-state index contributed by atoms with van der Waals surface area (Å²) in [6.45, 7) is -0.789. The summed E-state index contributed by atoms with van der Waals surface area (Å²) in [5, 5.41) is 59.4. The number of aliphatic hydroxyl groups is 5. The van der Waals surface area contributed by atoms with Crippen molar-refractivity contribution in [2.45, 2.75) is 43.1 Å². The number of carbonyl (C=O) groups is 1. The van der Waals surface area contributed by atoms with Crippen LogP contribution in [0.3, 0.4) is 0 Å². The Bertz CT molecular complexity index is 896. The quantitative estimate of drug-likeness (QED) is 0.219. The highest BCUT2D eigenvalue weighted by Gasteiger charge is 2.49. The van der Waals surface area contributed by atoms with Crippen molar-refractivity contribution in [1.29, 1.82) is 0 Å². The summed E-state index contributed by atoms with van der Waals surface area (Å²) in [5.41, 5.74) is 0.746. The number of ether oxygens (including phenoxy) is 4. The monoisotopic (exact) mass is 466 g/mol. The lowest BCUT2D eigenvalue weighted by molar-refractivity contribution is -0.339. The Morgan fingerprint density at radius 3 is 2.42 bits per heavy atom. The van der Waals surface area contributed by atoms with E-state index in [1.807, 2.05) is 0 Å². The van der Waals surface area contributed by atoms with E-state index in [9.17, 15) is 35.4 Å². The summed E-state index contributed by atoms with van der Waals surface area (Å²) in [6.07, 6.45) is -4.86. The number of fused-ring (bicyclic) bond motifs is 1. The fraction of sp³-hybridized carbons (Fsp3) is 0.500. The molecule has 0 radical (unpaired) electrons. The van der Waals surface area contributed by atoms with Crippen molar-refractivity contribution in [3.8, 4) is 5.75 Å². The minimum atomic E-state index is -1.62. The summed E-state index contributed by atoms with van der Waals surface area (Å²) in [6, 6.07) is 5.54. The van der Waals surface area contributed by atoms with Crippen LogP contribution in [0.15, 0.2) is 48.3 Å². The molecule has 6 N–H and O–H groups in total. The molecule has 0 spiro atoms. The van der Waals surface area contributed by atoms with E-state index in [1.165, 1.54) is 36.6 Å². The fourth-order valence-corrected chi connectivity index (χ4v) is 4.19. The second-order valence-corrected chi connectivity index (χ2v) is 8.12. The summed E-state index contributed by atoms with van der Waals surface area (Å²) in [5.74, 6) is -1.69. The lowest BCUT2D eigenvalue weighted by Crippen LogP contribution is -2.60. The van der Waals surface area contributed by atoms with Crippen LogP contribution >= 0.6 is 0 Å². The molecule has 180 valence electrons. The number of hydrogen-bond donors (Lipinski definition) is 6. The number of rotatable bonds is 6. The highest BCUT2D eigenvalue weighted by Crippen LogP contribution is 2.41. The first-order valence-electron chi connectivity index (χ1n) is 10.4. The Kier molecular flexibility index (Phi) is 7.00. The van der Waals surface area contributed by atoms with Crippen LogP contribution in [0.2, 0.25) is 0 Å². The maximum absolute atomic E-state index is 12.3. The van der Waals surface area contributed by atoms with Crippen LogP contribution in [0.25, 0.3) is 0 Å². The van der Waals surface area contributed by atoms with Gasteiger partial charge >= 0.3 is 5.97 Å². The van der Waals surface area contributed by atoms with E-state index in [4.69, 9.17) is 18.9 Å². The molecule has 1 aliphatic carbocycles. The highest BCUT2D eigenvalue weighted by atomic mass is 16.8. The Labute approximate surface area is 188 Å². The van der Waals surface area contributed by atoms with Crippen molar-refractivity contribution in [2.75, 3.05) is 13.2 Å². The van der Waals surface area contributed by atoms with Crippen molar-refractivity contribution >= 4 is 5.97 Å². The first kappa shape index (κ1) is 23.6. The van der Waals surface area contributed by atoms with Gasteiger partial charge in [0, 0.05) is 5.92 Å². The second-order valence-electron chi connectivity index (χ2n) is 8.12. The molecule has 2 heterocycles. The van der Waals surface area contributed by atoms with Crippen molar-refractivity contribution in [3.05, 3.63) is 53.8 Å². The minimum absolute atomic E-state index is 0.00957. The van der Waals surface area contributed by atoms with Gasteiger partial charge in [0.1, 0.15) is 36.8 Å². The molecule has 4 rings (SSSR count). The third kappa shape index (κ3) is 4.75. The maximum Gasteiger partial charge on any atom is 0.338 e. The molecule has 1 aromatic rings. The molecule has 1 aromatic carbocycles. The Morgan fingerprint density at radius 1 is 1.00 bits per heavy atom. The smallest absolute Gasteiger partial charge is 0.338 e. The van der Waals surface area contributed by atoms with E-state index in [1.54, 1.807) is 6.08 Å². The summed E-state index contributed by atoms with van der Waals surface area (Å²) < 4.78 is 22.0. The number of aromatic hydroxyl groups is 1. The fourth-order valence-electron chi connectivity index (χ4n) is 4.19. The van der Waals surface area contributed by atoms with Crippen molar-refractivity contribution < 1.29 is 54.4 Å². The lowest BCUT2D eigenvalue weighted by Gasteiger charge is -2.42. The number of benzene rings is 1. The Hall–Kier alpha value is -2.51. The van der Waals surface area contributed by atoms with Gasteiger partial charge in [0.15, 0.2) is 6.29 Å². The number of hydrogen-bond acceptors (Lipinski definition) is 11. The van der Waals surface area contributed by atoms with E-state index in [0.29, 0.717) is 5.57 Å². The number of esters is 1. The summed E-state index contributed by atoms with van der Waals surface area (Å²) >= 11 is 0. The Morgan fingerprint density at radius 2 is 1.73 bits per heavy atom. The predicted octanol–water partition coefficient (Wildman–Crippen LogP) is -1.23. The molecule has 33 heavy (non-hydrogen) atoms. The van der Waals surface area contributed by atoms with Gasteiger partial charge in [0.25, 0.3) is 0 Å². The molecule has 0 aromatic heterocycles. The predicted molar refractivity (Wildman–Crippen MR) is 108 cm³/mol. The molecule has 2 aliphatic heterocycles. The lowest BCUT2D eigenvalue weighted by atomic mass is 9.88. The van der Waals surface area contributed by atoms with Crippen LogP contribution in [-0.2, 0) is 18.9 Å². The molecule has 9 atom stereocenters. The Balaban J connectivity index is 1.45. The van der Waals surface area contributed by atoms with Crippen molar-refractivity contribution in [3.63, 3.8) is 0 Å². The molecule has 0 bridgehead atoms. The van der Waals surface area contributed by atoms with Gasteiger partial charge in [-0.2, -0.15) is 0 Å². The zero-order chi connectivity index (χ0) is 23.7. The molecule has 1 saturated heterocycles. The van der Waals surface area contributed by atoms with Crippen molar-refractivity contribution in [1.82, 2.24) is 0 Å². The normalized spacial score (nSPS) is 37.7. The zero-order valence-corrected chi connectivity index (χ0v) is 17.4. The minimum Gasteiger partial charge on any atom is -0.508 e. The number of phenolic OH excluding ortho intramolecular Hbond substituents is 1. The maximum atomic E-state index is 12.3. The summed E-state index contributed by atoms with van der Waals surface area (Å²) in [4.78, 5) is 12.3. The largest absolute Gasteiger partial charge is 0.508 e. The number of carbonyl (C=O) groups excluding carboxylic acids is 1. The van der Waals surface area contributed by atoms with Crippen LogP contribution < -0.4 is 0 Å². The molecule has 0 saturated carbocycles. The van der Waals surface area contributed by atoms with Crippen molar-refractivity contribution in [2.24, 2.45) is 11.8 Å². The molecule has 3 aliphatic rings. The zero-order valence-electron chi connectivity index (χ0n) is 17.4. The third-order valence-electron chi connectivity index (χ3n) is 6.02. The van der Waals surface area contributed by atoms with Gasteiger partial charge in [-0.1, -0.05) is 6.08 Å². The van der Waals surface area contributed by atoms with Crippen LogP contribution in [0.1, 0.15) is 10.4 Å². The van der Waals surface area contributed by atoms with E-state index in [2.05, 4.69) is 0 Å². The van der Waals surface area contributed by atoms with Crippen LogP contribution in [0.5, 0.6) is 5.75 Å². The first-order valence-corrected chi connectivity index (χ1v) is 10.4. The number of phenols is 1. The van der Waals surface area contributed by atoms with E-state index in [0.717, 1.165) is 0 Å². The molecule has 0 unspecified atom stereocenters. The summed E-state index contributed by atoms with van der Waals surface area (Å²) in [7, 11) is 0. The second kappa shape index (κ2) is 9.77. The third-order valence-corrected chi connectivity index (χ3v) is 6.02. The number of aliphatic hydroxyl groups excluding tert-OH is 5. The molecular weight excluding hydrogens is 440 g/mol. The average Bonchev–Trinajstić information content (AvgIpc) is 3.14. The van der Waals surface area contributed by atoms with Gasteiger partial charge in [-0.05, 0) is 35.9 Å². The van der Waals surface area contributed by atoms with Crippen LogP contribution in [0, 0.1) is 11.8 Å². The molecule has 0 amide bonds. The van der Waals surface area contributed by atoms with Gasteiger partial charge in [-0.25, -0.2) is 4.79 Å². The van der Waals surface area contributed by atoms with Gasteiger partial charge in [-0.3, -0.25) is 0 Å². The van der Waals surface area contributed by atoms with Gasteiger partial charge in [0.2, 0.25) is 6.29 Å². The average molecular weight is 466 g/mol. The van der Waals surface area contributed by atoms with E-state index < -0.39 is 67.5 Å².